The molecule has 3 nitrogen and oxygen atoms in total. The third kappa shape index (κ3) is 2.99. The summed E-state index contributed by atoms with van der Waals surface area (Å²) < 4.78 is 5.16. The van der Waals surface area contributed by atoms with Gasteiger partial charge in [-0.2, -0.15) is 0 Å². The number of ether oxygens (including phenoxy) is 1. The number of methoxy groups -OCH3 is 1. The highest BCUT2D eigenvalue weighted by Gasteiger charge is 2.40. The molecule has 1 spiro atoms. The molecule has 0 atom stereocenters. The van der Waals surface area contributed by atoms with Crippen molar-refractivity contribution in [2.45, 2.75) is 32.1 Å². The van der Waals surface area contributed by atoms with Gasteiger partial charge in [-0.3, -0.25) is 0 Å². The van der Waals surface area contributed by atoms with Crippen molar-refractivity contribution in [3.8, 4) is 0 Å². The Morgan fingerprint density at radius 1 is 1.20 bits per heavy atom. The van der Waals surface area contributed by atoms with Crippen LogP contribution in [-0.4, -0.2) is 44.8 Å². The third-order valence-corrected chi connectivity index (χ3v) is 4.54. The number of nitrogens with zero attached hydrogens (tertiary/aromatic N) is 1. The summed E-state index contributed by atoms with van der Waals surface area (Å²) in [5.41, 5.74) is 3.28. The molecule has 0 unspecified atom stereocenters. The first-order chi connectivity index (χ1) is 9.84. The van der Waals surface area contributed by atoms with Crippen LogP contribution in [0.4, 0.5) is 5.69 Å². The second-order valence-corrected chi connectivity index (χ2v) is 5.51. The van der Waals surface area contributed by atoms with Gasteiger partial charge in [0.25, 0.3) is 0 Å². The highest BCUT2D eigenvalue weighted by atomic mass is 16.5. The van der Waals surface area contributed by atoms with Crippen molar-refractivity contribution in [2.75, 3.05) is 45.2 Å². The summed E-state index contributed by atoms with van der Waals surface area (Å²) in [4.78, 5) is 2.52. The van der Waals surface area contributed by atoms with E-state index in [1.807, 2.05) is 13.8 Å². The molecule has 3 rings (SSSR count). The first-order valence-corrected chi connectivity index (χ1v) is 7.89. The molecule has 1 fully saturated rings. The van der Waals surface area contributed by atoms with E-state index < -0.39 is 0 Å². The van der Waals surface area contributed by atoms with Gasteiger partial charge in [0.05, 0.1) is 6.61 Å². The number of likely N-dealkylation sites (tertiary alicyclic amines) is 1. The first-order valence-electron chi connectivity index (χ1n) is 7.89. The molecule has 0 saturated carbocycles. The van der Waals surface area contributed by atoms with Crippen LogP contribution in [0.3, 0.4) is 0 Å². The van der Waals surface area contributed by atoms with Gasteiger partial charge in [0.1, 0.15) is 0 Å². The largest absolute Gasteiger partial charge is 0.384 e. The summed E-state index contributed by atoms with van der Waals surface area (Å²) in [7, 11) is 1.78. The summed E-state index contributed by atoms with van der Waals surface area (Å²) in [6, 6.07) is 8.81. The molecule has 2 aliphatic rings. The van der Waals surface area contributed by atoms with E-state index in [4.69, 9.17) is 4.74 Å². The van der Waals surface area contributed by atoms with E-state index in [0.29, 0.717) is 5.41 Å². The van der Waals surface area contributed by atoms with E-state index in [-0.39, 0.29) is 0 Å². The molecule has 0 radical (unpaired) electrons. The van der Waals surface area contributed by atoms with Gasteiger partial charge >= 0.3 is 0 Å². The van der Waals surface area contributed by atoms with Crippen LogP contribution in [0.5, 0.6) is 0 Å². The lowest BCUT2D eigenvalue weighted by atomic mass is 9.74. The van der Waals surface area contributed by atoms with Crippen molar-refractivity contribution < 1.29 is 4.74 Å². The lowest BCUT2D eigenvalue weighted by molar-refractivity contribution is 0.114. The molecule has 0 amide bonds. The molecule has 1 N–H and O–H groups in total. The number of rotatable bonds is 3. The normalized spacial score (nSPS) is 19.9. The Morgan fingerprint density at radius 3 is 2.60 bits per heavy atom. The zero-order chi connectivity index (χ0) is 14.4. The molecule has 1 aromatic rings. The first kappa shape index (κ1) is 15.3. The van der Waals surface area contributed by atoms with E-state index in [0.717, 1.165) is 19.7 Å². The number of nitrogens with one attached hydrogen (secondary N) is 1. The van der Waals surface area contributed by atoms with Crippen LogP contribution in [0, 0.1) is 0 Å². The molecule has 2 heterocycles. The Labute approximate surface area is 123 Å². The van der Waals surface area contributed by atoms with Crippen molar-refractivity contribution in [2.24, 2.45) is 0 Å². The van der Waals surface area contributed by atoms with Gasteiger partial charge < -0.3 is 15.0 Å². The van der Waals surface area contributed by atoms with Gasteiger partial charge in [-0.25, -0.2) is 0 Å². The van der Waals surface area contributed by atoms with Gasteiger partial charge in [0, 0.05) is 31.3 Å². The van der Waals surface area contributed by atoms with E-state index in [2.05, 4.69) is 34.5 Å². The number of benzene rings is 1. The Kier molecular flexibility index (Phi) is 5.44. The van der Waals surface area contributed by atoms with Gasteiger partial charge in [-0.15, -0.1) is 0 Å². The monoisotopic (exact) mass is 276 g/mol. The summed E-state index contributed by atoms with van der Waals surface area (Å²) in [5.74, 6) is 0. The number of piperidine rings is 1. The number of fused-ring (bicyclic) bond motifs is 2. The number of hydrogen-bond acceptors (Lipinski definition) is 3. The smallest absolute Gasteiger partial charge is 0.0589 e. The molecule has 0 aliphatic carbocycles. The van der Waals surface area contributed by atoms with Gasteiger partial charge in [0.2, 0.25) is 0 Å². The number of hydrogen-bond donors (Lipinski definition) is 1. The summed E-state index contributed by atoms with van der Waals surface area (Å²) in [6.07, 6.45) is 2.53. The van der Waals surface area contributed by atoms with Crippen LogP contribution in [0.15, 0.2) is 24.3 Å². The second-order valence-electron chi connectivity index (χ2n) is 5.51. The summed E-state index contributed by atoms with van der Waals surface area (Å²) >= 11 is 0. The quantitative estimate of drug-likeness (QED) is 0.918. The molecule has 20 heavy (non-hydrogen) atoms. The molecule has 1 saturated heterocycles. The highest BCUT2D eigenvalue weighted by Crippen LogP contribution is 2.43. The highest BCUT2D eigenvalue weighted by molar-refractivity contribution is 5.60. The zero-order valence-electron chi connectivity index (χ0n) is 13.1. The molecule has 0 aromatic heterocycles. The number of anilines is 1. The van der Waals surface area contributed by atoms with Gasteiger partial charge in [-0.1, -0.05) is 32.0 Å². The maximum Gasteiger partial charge on any atom is 0.0589 e. The van der Waals surface area contributed by atoms with Crippen LogP contribution >= 0.6 is 0 Å². The Hall–Kier alpha value is -1.06. The van der Waals surface area contributed by atoms with E-state index in [1.165, 1.54) is 37.2 Å². The fraction of sp³-hybridized carbons (Fsp3) is 0.647. The minimum atomic E-state index is 0.389. The van der Waals surface area contributed by atoms with Crippen LogP contribution < -0.4 is 5.32 Å². The lowest BCUT2D eigenvalue weighted by Gasteiger charge is -2.39. The second kappa shape index (κ2) is 7.09. The average Bonchev–Trinajstić information content (AvgIpc) is 2.88. The minimum Gasteiger partial charge on any atom is -0.384 e. The molecule has 3 heteroatoms. The zero-order valence-corrected chi connectivity index (χ0v) is 13.1. The Balaban J connectivity index is 0.000000704. The van der Waals surface area contributed by atoms with Crippen molar-refractivity contribution in [3.63, 3.8) is 0 Å². The average molecular weight is 276 g/mol. The standard InChI is InChI=1S/C15H22N2O.C2H6/c1-18-11-10-17-8-6-15(7-9-17)12-16-14-5-3-2-4-13(14)15;1-2/h2-5,16H,6-12H2,1H3;1-2H3. The van der Waals surface area contributed by atoms with Gasteiger partial charge in [-0.05, 0) is 37.6 Å². The fourth-order valence-corrected chi connectivity index (χ4v) is 3.33. The summed E-state index contributed by atoms with van der Waals surface area (Å²) in [6.45, 7) is 9.42. The molecular formula is C17H28N2O. The van der Waals surface area contributed by atoms with Crippen molar-refractivity contribution in [1.29, 1.82) is 0 Å². The van der Waals surface area contributed by atoms with E-state index in [9.17, 15) is 0 Å². The predicted octanol–water partition coefficient (Wildman–Crippen LogP) is 3.12. The Morgan fingerprint density at radius 2 is 1.90 bits per heavy atom. The molecular weight excluding hydrogens is 248 g/mol. The van der Waals surface area contributed by atoms with Crippen LogP contribution in [0.25, 0.3) is 0 Å². The number of para-hydroxylation sites is 1. The van der Waals surface area contributed by atoms with Crippen molar-refractivity contribution in [1.82, 2.24) is 4.90 Å². The van der Waals surface area contributed by atoms with Crippen LogP contribution in [0.2, 0.25) is 0 Å². The van der Waals surface area contributed by atoms with Crippen LogP contribution in [-0.2, 0) is 10.2 Å². The van der Waals surface area contributed by atoms with Crippen LogP contribution in [0.1, 0.15) is 32.3 Å². The molecule has 112 valence electrons. The molecule has 0 bridgehead atoms. The fourth-order valence-electron chi connectivity index (χ4n) is 3.33. The summed E-state index contributed by atoms with van der Waals surface area (Å²) in [5, 5.41) is 3.58. The van der Waals surface area contributed by atoms with E-state index in [1.54, 1.807) is 7.11 Å². The maximum absolute atomic E-state index is 5.16. The lowest BCUT2D eigenvalue weighted by Crippen LogP contribution is -2.44. The van der Waals surface area contributed by atoms with Gasteiger partial charge in [0.15, 0.2) is 0 Å². The maximum atomic E-state index is 5.16. The minimum absolute atomic E-state index is 0.389. The molecule has 2 aliphatic heterocycles. The third-order valence-electron chi connectivity index (χ3n) is 4.54. The van der Waals surface area contributed by atoms with Crippen molar-refractivity contribution >= 4 is 5.69 Å². The van der Waals surface area contributed by atoms with Crippen molar-refractivity contribution in [3.05, 3.63) is 29.8 Å². The Bertz CT molecular complexity index is 411. The topological polar surface area (TPSA) is 24.5 Å². The van der Waals surface area contributed by atoms with E-state index >= 15 is 0 Å². The predicted molar refractivity (Wildman–Crippen MR) is 85.5 cm³/mol. The SMILES string of the molecule is CC.COCCN1CCC2(CC1)CNc1ccccc12. The molecule has 1 aromatic carbocycles.